The van der Waals surface area contributed by atoms with E-state index in [2.05, 4.69) is 11.8 Å². The average molecular weight is 387 g/mol. The summed E-state index contributed by atoms with van der Waals surface area (Å²) < 4.78 is 5.90. The third-order valence-electron chi connectivity index (χ3n) is 5.02. The molecule has 0 aliphatic carbocycles. The predicted molar refractivity (Wildman–Crippen MR) is 94.1 cm³/mol. The summed E-state index contributed by atoms with van der Waals surface area (Å²) >= 11 is 11.9. The number of likely N-dealkylation sites (tertiary alicyclic amines) is 1. The highest BCUT2D eigenvalue weighted by Gasteiger charge is 2.53. The van der Waals surface area contributed by atoms with Crippen LogP contribution in [0.3, 0.4) is 0 Å². The maximum absolute atomic E-state index is 13.1. The smallest absolute Gasteiger partial charge is 0.328 e. The summed E-state index contributed by atoms with van der Waals surface area (Å²) in [5.41, 5.74) is -0.568. The lowest BCUT2D eigenvalue weighted by atomic mass is 9.97. The van der Waals surface area contributed by atoms with Gasteiger partial charge in [-0.2, -0.15) is 0 Å². The first kappa shape index (κ1) is 18.5. The van der Waals surface area contributed by atoms with Crippen LogP contribution in [0.4, 0.5) is 0 Å². The summed E-state index contributed by atoms with van der Waals surface area (Å²) in [6, 6.07) is 3.56. The molecule has 25 heavy (non-hydrogen) atoms. The van der Waals surface area contributed by atoms with E-state index in [-0.39, 0.29) is 11.6 Å². The molecule has 1 aromatic rings. The molecule has 136 valence electrons. The van der Waals surface area contributed by atoms with Crippen LogP contribution in [0.15, 0.2) is 18.2 Å². The van der Waals surface area contributed by atoms with Crippen LogP contribution in [0.5, 0.6) is 0 Å². The number of piperidine rings is 1. The molecule has 2 saturated heterocycles. The molecule has 0 unspecified atom stereocenters. The second kappa shape index (κ2) is 7.11. The molecule has 0 radical (unpaired) electrons. The standard InChI is InChI=1S/C17H20Cl2N2O4/c1-2-20-7-5-17(6-8-20)21(14(10-25-17)16(23)24)15(22)11-3-4-12(18)13(19)9-11/h3-4,9,14H,2,5-8,10H2,1H3,(H,23,24)/t14-/m1/s1. The zero-order chi connectivity index (χ0) is 18.2. The average Bonchev–Trinajstić information content (AvgIpc) is 2.96. The van der Waals surface area contributed by atoms with E-state index in [1.807, 2.05) is 0 Å². The van der Waals surface area contributed by atoms with Gasteiger partial charge in [-0.3, -0.25) is 9.69 Å². The van der Waals surface area contributed by atoms with E-state index in [9.17, 15) is 14.7 Å². The normalized spacial score (nSPS) is 23.2. The molecule has 1 aromatic carbocycles. The number of nitrogens with zero attached hydrogens (tertiary/aromatic N) is 2. The van der Waals surface area contributed by atoms with Crippen molar-refractivity contribution in [1.29, 1.82) is 0 Å². The fourth-order valence-electron chi connectivity index (χ4n) is 3.54. The van der Waals surface area contributed by atoms with Crippen LogP contribution in [0, 0.1) is 0 Å². The Morgan fingerprint density at radius 2 is 1.96 bits per heavy atom. The van der Waals surface area contributed by atoms with Gasteiger partial charge in [0, 0.05) is 31.5 Å². The molecule has 1 N–H and O–H groups in total. The number of carboxylic acid groups (broad SMARTS) is 1. The third kappa shape index (κ3) is 3.36. The van der Waals surface area contributed by atoms with Crippen molar-refractivity contribution in [3.8, 4) is 0 Å². The van der Waals surface area contributed by atoms with Gasteiger partial charge in [0.1, 0.15) is 5.72 Å². The molecule has 0 aromatic heterocycles. The van der Waals surface area contributed by atoms with Gasteiger partial charge < -0.3 is 14.7 Å². The van der Waals surface area contributed by atoms with Crippen molar-refractivity contribution in [3.05, 3.63) is 33.8 Å². The third-order valence-corrected chi connectivity index (χ3v) is 5.75. The summed E-state index contributed by atoms with van der Waals surface area (Å²) in [5, 5.41) is 10.2. The molecular weight excluding hydrogens is 367 g/mol. The number of halogens is 2. The van der Waals surface area contributed by atoms with Crippen molar-refractivity contribution in [1.82, 2.24) is 9.80 Å². The number of carbonyl (C=O) groups excluding carboxylic acids is 1. The Morgan fingerprint density at radius 1 is 1.28 bits per heavy atom. The Labute approximate surface area is 156 Å². The number of carboxylic acids is 1. The van der Waals surface area contributed by atoms with Crippen molar-refractivity contribution in [3.63, 3.8) is 0 Å². The minimum Gasteiger partial charge on any atom is -0.480 e. The molecule has 3 rings (SSSR count). The van der Waals surface area contributed by atoms with Crippen LogP contribution < -0.4 is 0 Å². The van der Waals surface area contributed by atoms with Gasteiger partial charge in [-0.05, 0) is 24.7 Å². The van der Waals surface area contributed by atoms with Gasteiger partial charge in [-0.25, -0.2) is 4.79 Å². The highest BCUT2D eigenvalue weighted by molar-refractivity contribution is 6.42. The summed E-state index contributed by atoms with van der Waals surface area (Å²) in [7, 11) is 0. The predicted octanol–water partition coefficient (Wildman–Crippen LogP) is 2.73. The number of benzene rings is 1. The first-order valence-corrected chi connectivity index (χ1v) is 9.01. The van der Waals surface area contributed by atoms with Crippen LogP contribution in [-0.2, 0) is 9.53 Å². The topological polar surface area (TPSA) is 70.1 Å². The summed E-state index contributed by atoms with van der Waals surface area (Å²) in [6.45, 7) is 4.50. The van der Waals surface area contributed by atoms with Crippen LogP contribution in [0.1, 0.15) is 30.1 Å². The lowest BCUT2D eigenvalue weighted by Crippen LogP contribution is -2.58. The van der Waals surface area contributed by atoms with E-state index in [1.54, 1.807) is 6.07 Å². The fourth-order valence-corrected chi connectivity index (χ4v) is 3.84. The Hall–Kier alpha value is -1.34. The largest absolute Gasteiger partial charge is 0.480 e. The Kier molecular flexibility index (Phi) is 5.25. The van der Waals surface area contributed by atoms with E-state index in [1.165, 1.54) is 17.0 Å². The fraction of sp³-hybridized carbons (Fsp3) is 0.529. The van der Waals surface area contributed by atoms with Crippen molar-refractivity contribution in [2.24, 2.45) is 0 Å². The van der Waals surface area contributed by atoms with E-state index < -0.39 is 23.6 Å². The molecule has 2 aliphatic rings. The highest BCUT2D eigenvalue weighted by atomic mass is 35.5. The molecule has 2 fully saturated rings. The Bertz CT molecular complexity index is 689. The number of carbonyl (C=O) groups is 2. The zero-order valence-corrected chi connectivity index (χ0v) is 15.4. The monoisotopic (exact) mass is 386 g/mol. The Morgan fingerprint density at radius 3 is 2.52 bits per heavy atom. The maximum atomic E-state index is 13.1. The number of amides is 1. The molecule has 0 saturated carbocycles. The van der Waals surface area contributed by atoms with Crippen LogP contribution >= 0.6 is 23.2 Å². The summed E-state index contributed by atoms with van der Waals surface area (Å²) in [5.74, 6) is -1.46. The number of aliphatic carboxylic acids is 1. The summed E-state index contributed by atoms with van der Waals surface area (Å²) in [6.07, 6.45) is 1.16. The van der Waals surface area contributed by atoms with Crippen molar-refractivity contribution in [2.45, 2.75) is 31.5 Å². The van der Waals surface area contributed by atoms with Crippen molar-refractivity contribution < 1.29 is 19.4 Å². The van der Waals surface area contributed by atoms with Gasteiger partial charge in [-0.1, -0.05) is 30.1 Å². The van der Waals surface area contributed by atoms with Gasteiger partial charge in [0.15, 0.2) is 6.04 Å². The van der Waals surface area contributed by atoms with Gasteiger partial charge >= 0.3 is 5.97 Å². The second-order valence-electron chi connectivity index (χ2n) is 6.35. The van der Waals surface area contributed by atoms with Crippen LogP contribution in [0.25, 0.3) is 0 Å². The first-order chi connectivity index (χ1) is 11.9. The molecule has 8 heteroatoms. The molecule has 1 atom stereocenters. The van der Waals surface area contributed by atoms with E-state index in [0.717, 1.165) is 19.6 Å². The second-order valence-corrected chi connectivity index (χ2v) is 7.16. The van der Waals surface area contributed by atoms with Gasteiger partial charge in [0.25, 0.3) is 5.91 Å². The Balaban J connectivity index is 1.93. The SMILES string of the molecule is CCN1CCC2(CC1)OC[C@H](C(=O)O)N2C(=O)c1ccc(Cl)c(Cl)c1. The maximum Gasteiger partial charge on any atom is 0.328 e. The number of rotatable bonds is 3. The van der Waals surface area contributed by atoms with E-state index >= 15 is 0 Å². The summed E-state index contributed by atoms with van der Waals surface area (Å²) in [4.78, 5) is 28.4. The lowest BCUT2D eigenvalue weighted by Gasteiger charge is -2.44. The first-order valence-electron chi connectivity index (χ1n) is 8.26. The number of ether oxygens (including phenoxy) is 1. The molecule has 0 bridgehead atoms. The van der Waals surface area contributed by atoms with E-state index in [4.69, 9.17) is 27.9 Å². The molecule has 2 aliphatic heterocycles. The minimum atomic E-state index is -1.07. The quantitative estimate of drug-likeness (QED) is 0.864. The molecule has 2 heterocycles. The molecule has 6 nitrogen and oxygen atoms in total. The van der Waals surface area contributed by atoms with Crippen LogP contribution in [0.2, 0.25) is 10.0 Å². The van der Waals surface area contributed by atoms with Gasteiger partial charge in [-0.15, -0.1) is 0 Å². The van der Waals surface area contributed by atoms with Gasteiger partial charge in [0.05, 0.1) is 16.7 Å². The molecule has 1 amide bonds. The number of hydrogen-bond donors (Lipinski definition) is 1. The molecular formula is C17H20Cl2N2O4. The van der Waals surface area contributed by atoms with E-state index in [0.29, 0.717) is 23.4 Å². The minimum absolute atomic E-state index is 0.00544. The zero-order valence-electron chi connectivity index (χ0n) is 13.9. The van der Waals surface area contributed by atoms with Crippen LogP contribution in [-0.4, -0.2) is 64.8 Å². The van der Waals surface area contributed by atoms with Crippen molar-refractivity contribution >= 4 is 35.1 Å². The molecule has 1 spiro atoms. The number of hydrogen-bond acceptors (Lipinski definition) is 4. The van der Waals surface area contributed by atoms with Gasteiger partial charge in [0.2, 0.25) is 0 Å². The van der Waals surface area contributed by atoms with Crippen molar-refractivity contribution in [2.75, 3.05) is 26.2 Å². The lowest BCUT2D eigenvalue weighted by molar-refractivity contribution is -0.143. The highest BCUT2D eigenvalue weighted by Crippen LogP contribution is 2.38.